The highest BCUT2D eigenvalue weighted by molar-refractivity contribution is 5.51. The van der Waals surface area contributed by atoms with Crippen LogP contribution < -0.4 is 10.5 Å². The van der Waals surface area contributed by atoms with Gasteiger partial charge in [-0.3, -0.25) is 0 Å². The molecule has 2 aliphatic carbocycles. The molecule has 2 aliphatic rings. The highest BCUT2D eigenvalue weighted by Gasteiger charge is 2.35. The third kappa shape index (κ3) is 1.83. The molecule has 18 heavy (non-hydrogen) atoms. The third-order valence-corrected chi connectivity index (χ3v) is 4.71. The Bertz CT molecular complexity index is 447. The Morgan fingerprint density at radius 1 is 1.06 bits per heavy atom. The third-order valence-electron chi connectivity index (χ3n) is 4.71. The lowest BCUT2D eigenvalue weighted by Gasteiger charge is -2.36. The Hall–Kier alpha value is -1.02. The van der Waals surface area contributed by atoms with Gasteiger partial charge in [-0.2, -0.15) is 0 Å². The number of benzene rings is 1. The Morgan fingerprint density at radius 2 is 1.83 bits per heavy atom. The van der Waals surface area contributed by atoms with E-state index in [0.717, 1.165) is 18.6 Å². The van der Waals surface area contributed by atoms with Crippen LogP contribution in [-0.4, -0.2) is 7.11 Å². The predicted molar refractivity (Wildman–Crippen MR) is 74.0 cm³/mol. The van der Waals surface area contributed by atoms with E-state index < -0.39 is 0 Å². The van der Waals surface area contributed by atoms with E-state index >= 15 is 0 Å². The lowest BCUT2D eigenvalue weighted by Crippen LogP contribution is -2.39. The van der Waals surface area contributed by atoms with Crippen molar-refractivity contribution in [2.75, 3.05) is 7.11 Å². The lowest BCUT2D eigenvalue weighted by atomic mass is 9.75. The van der Waals surface area contributed by atoms with E-state index in [1.165, 1.54) is 55.2 Å². The number of rotatable bonds is 2. The minimum atomic E-state index is -0.140. The summed E-state index contributed by atoms with van der Waals surface area (Å²) in [5.41, 5.74) is 10.9. The molecule has 1 fully saturated rings. The molecular weight excluding hydrogens is 222 g/mol. The maximum Gasteiger partial charge on any atom is 0.124 e. The summed E-state index contributed by atoms with van der Waals surface area (Å²) in [7, 11) is 1.77. The smallest absolute Gasteiger partial charge is 0.124 e. The van der Waals surface area contributed by atoms with Crippen molar-refractivity contribution in [3.63, 3.8) is 0 Å². The van der Waals surface area contributed by atoms with E-state index in [-0.39, 0.29) is 5.54 Å². The number of nitrogens with two attached hydrogens (primary N) is 1. The zero-order chi connectivity index (χ0) is 12.6. The molecule has 0 amide bonds. The summed E-state index contributed by atoms with van der Waals surface area (Å²) < 4.78 is 5.61. The van der Waals surface area contributed by atoms with Gasteiger partial charge >= 0.3 is 0 Å². The first-order valence-electron chi connectivity index (χ1n) is 7.23. The molecule has 0 aromatic heterocycles. The van der Waals surface area contributed by atoms with Gasteiger partial charge in [0.15, 0.2) is 0 Å². The highest BCUT2D eigenvalue weighted by Crippen LogP contribution is 2.44. The molecule has 0 radical (unpaired) electrons. The minimum absolute atomic E-state index is 0.140. The Kier molecular flexibility index (Phi) is 3.06. The zero-order valence-corrected chi connectivity index (χ0v) is 11.3. The van der Waals surface area contributed by atoms with Crippen LogP contribution in [0.2, 0.25) is 0 Å². The van der Waals surface area contributed by atoms with Crippen LogP contribution in [0, 0.1) is 0 Å². The SMILES string of the molecule is COc1ccc2c(c1C1(N)CCCCC1)CCC2. The van der Waals surface area contributed by atoms with Crippen LogP contribution in [0.25, 0.3) is 0 Å². The second-order valence-corrected chi connectivity index (χ2v) is 5.85. The molecule has 1 saturated carbocycles. The van der Waals surface area contributed by atoms with Crippen molar-refractivity contribution in [3.8, 4) is 5.75 Å². The topological polar surface area (TPSA) is 35.2 Å². The normalized spacial score (nSPS) is 21.7. The fraction of sp³-hybridized carbons (Fsp3) is 0.625. The first-order valence-corrected chi connectivity index (χ1v) is 7.23. The molecule has 98 valence electrons. The molecule has 1 aromatic carbocycles. The van der Waals surface area contributed by atoms with Gasteiger partial charge in [0.05, 0.1) is 7.11 Å². The van der Waals surface area contributed by atoms with E-state index in [9.17, 15) is 0 Å². The van der Waals surface area contributed by atoms with Crippen molar-refractivity contribution in [2.45, 2.75) is 56.9 Å². The molecular formula is C16H23NO. The predicted octanol–water partition coefficient (Wildman–Crippen LogP) is 3.30. The van der Waals surface area contributed by atoms with Crippen molar-refractivity contribution >= 4 is 0 Å². The molecule has 1 aromatic rings. The molecule has 0 unspecified atom stereocenters. The quantitative estimate of drug-likeness (QED) is 0.867. The van der Waals surface area contributed by atoms with Gasteiger partial charge in [-0.25, -0.2) is 0 Å². The fourth-order valence-electron chi connectivity index (χ4n) is 3.79. The van der Waals surface area contributed by atoms with Crippen LogP contribution in [0.15, 0.2) is 12.1 Å². The summed E-state index contributed by atoms with van der Waals surface area (Å²) in [6.07, 6.45) is 9.72. The second-order valence-electron chi connectivity index (χ2n) is 5.85. The molecule has 2 heteroatoms. The number of aryl methyl sites for hydroxylation is 1. The number of fused-ring (bicyclic) bond motifs is 1. The van der Waals surface area contributed by atoms with Crippen LogP contribution in [0.1, 0.15) is 55.2 Å². The summed E-state index contributed by atoms with van der Waals surface area (Å²) >= 11 is 0. The maximum absolute atomic E-state index is 6.75. The molecule has 0 bridgehead atoms. The van der Waals surface area contributed by atoms with Crippen LogP contribution >= 0.6 is 0 Å². The Morgan fingerprint density at radius 3 is 2.56 bits per heavy atom. The van der Waals surface area contributed by atoms with Crippen molar-refractivity contribution in [2.24, 2.45) is 5.73 Å². The minimum Gasteiger partial charge on any atom is -0.496 e. The maximum atomic E-state index is 6.75. The van der Waals surface area contributed by atoms with E-state index in [1.54, 1.807) is 7.11 Å². The van der Waals surface area contributed by atoms with Gasteiger partial charge in [0.25, 0.3) is 0 Å². The molecule has 3 rings (SSSR count). The van der Waals surface area contributed by atoms with E-state index in [4.69, 9.17) is 10.5 Å². The van der Waals surface area contributed by atoms with Crippen molar-refractivity contribution in [1.82, 2.24) is 0 Å². The lowest BCUT2D eigenvalue weighted by molar-refractivity contribution is 0.287. The van der Waals surface area contributed by atoms with E-state index in [2.05, 4.69) is 12.1 Å². The summed E-state index contributed by atoms with van der Waals surface area (Å²) in [5, 5.41) is 0. The summed E-state index contributed by atoms with van der Waals surface area (Å²) in [6.45, 7) is 0. The summed E-state index contributed by atoms with van der Waals surface area (Å²) in [6, 6.07) is 4.36. The van der Waals surface area contributed by atoms with Crippen LogP contribution in [0.5, 0.6) is 5.75 Å². The molecule has 0 atom stereocenters. The number of methoxy groups -OCH3 is 1. The van der Waals surface area contributed by atoms with Gasteiger partial charge in [-0.15, -0.1) is 0 Å². The standard InChI is InChI=1S/C16H23NO/c1-18-14-9-8-12-6-5-7-13(12)15(14)16(17)10-3-2-4-11-16/h8-9H,2-7,10-11,17H2,1H3. The van der Waals surface area contributed by atoms with Gasteiger partial charge < -0.3 is 10.5 Å². The first-order chi connectivity index (χ1) is 8.74. The van der Waals surface area contributed by atoms with Gasteiger partial charge in [-0.1, -0.05) is 25.3 Å². The average Bonchev–Trinajstić information content (AvgIpc) is 2.86. The largest absolute Gasteiger partial charge is 0.496 e. The molecule has 0 heterocycles. The van der Waals surface area contributed by atoms with Crippen molar-refractivity contribution in [3.05, 3.63) is 28.8 Å². The number of hydrogen-bond acceptors (Lipinski definition) is 2. The molecule has 0 spiro atoms. The van der Waals surface area contributed by atoms with Crippen LogP contribution in [0.4, 0.5) is 0 Å². The highest BCUT2D eigenvalue weighted by atomic mass is 16.5. The molecule has 0 saturated heterocycles. The number of hydrogen-bond donors (Lipinski definition) is 1. The molecule has 2 N–H and O–H groups in total. The Labute approximate surface area is 110 Å². The first kappa shape index (κ1) is 12.0. The van der Waals surface area contributed by atoms with Gasteiger partial charge in [0.2, 0.25) is 0 Å². The molecule has 2 nitrogen and oxygen atoms in total. The van der Waals surface area contributed by atoms with Gasteiger partial charge in [0.1, 0.15) is 5.75 Å². The monoisotopic (exact) mass is 245 g/mol. The summed E-state index contributed by atoms with van der Waals surface area (Å²) in [5.74, 6) is 1.01. The number of ether oxygens (including phenoxy) is 1. The second kappa shape index (κ2) is 4.58. The average molecular weight is 245 g/mol. The zero-order valence-electron chi connectivity index (χ0n) is 11.3. The Balaban J connectivity index is 2.11. The van der Waals surface area contributed by atoms with Crippen LogP contribution in [0.3, 0.4) is 0 Å². The van der Waals surface area contributed by atoms with E-state index in [1.807, 2.05) is 0 Å². The fourth-order valence-corrected chi connectivity index (χ4v) is 3.79. The van der Waals surface area contributed by atoms with Gasteiger partial charge in [-0.05, 0) is 49.3 Å². The van der Waals surface area contributed by atoms with Gasteiger partial charge in [0, 0.05) is 11.1 Å². The van der Waals surface area contributed by atoms with Crippen LogP contribution in [-0.2, 0) is 18.4 Å². The van der Waals surface area contributed by atoms with Crippen molar-refractivity contribution < 1.29 is 4.74 Å². The van der Waals surface area contributed by atoms with E-state index in [0.29, 0.717) is 0 Å². The molecule has 0 aliphatic heterocycles. The summed E-state index contributed by atoms with van der Waals surface area (Å²) in [4.78, 5) is 0. The van der Waals surface area contributed by atoms with Crippen molar-refractivity contribution in [1.29, 1.82) is 0 Å².